The summed E-state index contributed by atoms with van der Waals surface area (Å²) in [6, 6.07) is 3.14. The molecule has 2 aromatic rings. The number of Topliss-reactive ketones (excluding diaryl/α,β-unsaturated/α-hetero) is 1. The zero-order valence-corrected chi connectivity index (χ0v) is 36.7. The number of unbranched alkanes of at least 4 members (excludes halogenated alkanes) is 1. The zero-order valence-electron chi connectivity index (χ0n) is 36.7. The Hall–Kier alpha value is -3.43. The second kappa shape index (κ2) is 18.5. The highest BCUT2D eigenvalue weighted by Crippen LogP contribution is 2.44. The van der Waals surface area contributed by atoms with Gasteiger partial charge in [-0.3, -0.25) is 14.6 Å². The highest BCUT2D eigenvalue weighted by atomic mass is 16.7. The number of amides is 1. The number of hydrogen-bond donors (Lipinski definition) is 1. The van der Waals surface area contributed by atoms with Gasteiger partial charge in [0.25, 0.3) is 0 Å². The van der Waals surface area contributed by atoms with Crippen LogP contribution in [0.4, 0.5) is 4.79 Å². The average Bonchev–Trinajstić information content (AvgIpc) is 3.79. The van der Waals surface area contributed by atoms with Crippen molar-refractivity contribution in [1.82, 2.24) is 19.4 Å². The third-order valence-corrected chi connectivity index (χ3v) is 13.9. The van der Waals surface area contributed by atoms with Crippen molar-refractivity contribution in [1.29, 1.82) is 0 Å². The van der Waals surface area contributed by atoms with Gasteiger partial charge in [0.1, 0.15) is 18.0 Å². The molecule has 14 atom stereocenters. The molecule has 0 bridgehead atoms. The first kappa shape index (κ1) is 45.7. The number of aryl methyl sites for hydroxylation is 1. The first-order chi connectivity index (χ1) is 27.3. The van der Waals surface area contributed by atoms with Crippen LogP contribution in [0.15, 0.2) is 37.1 Å². The summed E-state index contributed by atoms with van der Waals surface area (Å²) in [4.78, 5) is 53.4. The molecule has 1 N–H and O–H groups in total. The van der Waals surface area contributed by atoms with Gasteiger partial charge in [-0.2, -0.15) is 0 Å². The number of aromatic nitrogens is 3. The number of esters is 1. The Morgan fingerprint density at radius 3 is 2.28 bits per heavy atom. The molecule has 324 valence electrons. The van der Waals surface area contributed by atoms with Crippen LogP contribution in [-0.2, 0) is 44.6 Å². The summed E-state index contributed by atoms with van der Waals surface area (Å²) in [5.41, 5.74) is -1.30. The standard InChI is InChI=1S/C44H68N4O10/c1-13-34-44(10)38(48(41(52)58-44)20-15-14-19-47-24-33(46-25-47)32-17-16-18-45-23-32)28(4)36(49)26(2)21-42(8,53-11)30(6)27(3)37(29(5)40(51)56-34)57-35-22-43(9,54-12)39(50)31(7)55-35/h16-18,23-31,34-35,37-39,50H,13-15,19-22H2,1-12H3/t26-,27-,28+,29-,30-,31+,34-,35+,37+,38-,39?,42-,43-,44-/m1/s1. The SMILES string of the molecule is CC[C@H]1OC(=O)[C@H](C)[C@@H](O[C@H]2C[C@@](C)(OC)C(O)[C@H](C)O2)[C@H](C)[C@@H](C)[C@](C)(OC)C[C@@H](C)C(=O)[C@H](C)[C@H]2N(CCCCn3cnc(-c4cccnc4)c3)C(=O)O[C@]12C. The van der Waals surface area contributed by atoms with Gasteiger partial charge in [0.2, 0.25) is 0 Å². The lowest BCUT2D eigenvalue weighted by molar-refractivity contribution is -0.298. The van der Waals surface area contributed by atoms with Crippen molar-refractivity contribution in [3.63, 3.8) is 0 Å². The number of aliphatic hydroxyl groups is 1. The van der Waals surface area contributed by atoms with E-state index in [4.69, 9.17) is 28.4 Å². The van der Waals surface area contributed by atoms with Crippen molar-refractivity contribution >= 4 is 17.8 Å². The first-order valence-corrected chi connectivity index (χ1v) is 21.1. The molecule has 14 heteroatoms. The van der Waals surface area contributed by atoms with Crippen LogP contribution in [0.1, 0.15) is 101 Å². The summed E-state index contributed by atoms with van der Waals surface area (Å²) in [6.45, 7) is 20.0. The predicted molar refractivity (Wildman–Crippen MR) is 216 cm³/mol. The number of pyridine rings is 1. The lowest BCUT2D eigenvalue weighted by Gasteiger charge is -2.48. The van der Waals surface area contributed by atoms with Gasteiger partial charge in [-0.15, -0.1) is 0 Å². The Labute approximate surface area is 344 Å². The molecule has 1 unspecified atom stereocenters. The Balaban J connectivity index is 1.43. The van der Waals surface area contributed by atoms with E-state index in [0.717, 1.165) is 17.7 Å². The van der Waals surface area contributed by atoms with Crippen LogP contribution in [0.25, 0.3) is 11.3 Å². The van der Waals surface area contributed by atoms with Crippen molar-refractivity contribution in [2.45, 2.75) is 161 Å². The molecule has 0 radical (unpaired) electrons. The molecule has 5 rings (SSSR count). The fourth-order valence-electron chi connectivity index (χ4n) is 9.77. The molecule has 2 aromatic heterocycles. The molecule has 0 spiro atoms. The van der Waals surface area contributed by atoms with Crippen LogP contribution in [-0.4, -0.2) is 117 Å². The normalized spacial score (nSPS) is 39.2. The largest absolute Gasteiger partial charge is 0.458 e. The van der Waals surface area contributed by atoms with Crippen LogP contribution in [0.3, 0.4) is 0 Å². The summed E-state index contributed by atoms with van der Waals surface area (Å²) >= 11 is 0. The lowest BCUT2D eigenvalue weighted by atomic mass is 9.70. The van der Waals surface area contributed by atoms with E-state index in [1.165, 1.54) is 0 Å². The second-order valence-electron chi connectivity index (χ2n) is 17.8. The summed E-state index contributed by atoms with van der Waals surface area (Å²) in [5.74, 6) is -2.91. The van der Waals surface area contributed by atoms with Gasteiger partial charge in [0.05, 0.1) is 47.4 Å². The van der Waals surface area contributed by atoms with Crippen LogP contribution < -0.4 is 0 Å². The second-order valence-corrected chi connectivity index (χ2v) is 17.8. The minimum absolute atomic E-state index is 0.0228. The van der Waals surface area contributed by atoms with Gasteiger partial charge in [0, 0.05) is 69.7 Å². The van der Waals surface area contributed by atoms with E-state index >= 15 is 0 Å². The number of carbonyl (C=O) groups excluding carboxylic acids is 3. The maximum Gasteiger partial charge on any atom is 0.410 e. The Morgan fingerprint density at radius 2 is 1.64 bits per heavy atom. The molecule has 3 saturated heterocycles. The van der Waals surface area contributed by atoms with E-state index in [1.54, 1.807) is 58.6 Å². The predicted octanol–water partition coefficient (Wildman–Crippen LogP) is 6.47. The monoisotopic (exact) mass is 812 g/mol. The van der Waals surface area contributed by atoms with Crippen LogP contribution in [0.2, 0.25) is 0 Å². The molecular formula is C44H68N4O10. The minimum atomic E-state index is -1.33. The summed E-state index contributed by atoms with van der Waals surface area (Å²) in [6.07, 6.45) is 5.25. The zero-order chi connectivity index (χ0) is 42.7. The van der Waals surface area contributed by atoms with Gasteiger partial charge in [-0.1, -0.05) is 34.6 Å². The van der Waals surface area contributed by atoms with Crippen molar-refractivity contribution in [3.05, 3.63) is 37.1 Å². The average molecular weight is 813 g/mol. The van der Waals surface area contributed by atoms with E-state index in [2.05, 4.69) is 16.9 Å². The number of ether oxygens (including phenoxy) is 6. The van der Waals surface area contributed by atoms with E-state index in [-0.39, 0.29) is 24.0 Å². The lowest BCUT2D eigenvalue weighted by Crippen LogP contribution is -2.59. The van der Waals surface area contributed by atoms with Crippen LogP contribution >= 0.6 is 0 Å². The number of methoxy groups -OCH3 is 2. The molecule has 3 fully saturated rings. The summed E-state index contributed by atoms with van der Waals surface area (Å²) in [5, 5.41) is 10.9. The quantitative estimate of drug-likeness (QED) is 0.195. The molecule has 0 aromatic carbocycles. The highest BCUT2D eigenvalue weighted by Gasteiger charge is 2.60. The van der Waals surface area contributed by atoms with E-state index in [1.807, 2.05) is 64.4 Å². The van der Waals surface area contributed by atoms with Gasteiger partial charge >= 0.3 is 12.1 Å². The Bertz CT molecular complexity index is 1710. The number of imidazole rings is 1. The van der Waals surface area contributed by atoms with E-state index in [9.17, 15) is 19.5 Å². The topological polar surface area (TPSA) is 161 Å². The third kappa shape index (κ3) is 9.16. The molecule has 5 heterocycles. The minimum Gasteiger partial charge on any atom is -0.458 e. The van der Waals surface area contributed by atoms with Crippen LogP contribution in [0, 0.1) is 29.6 Å². The molecule has 0 saturated carbocycles. The van der Waals surface area contributed by atoms with Crippen molar-refractivity contribution < 1.29 is 47.9 Å². The number of aliphatic hydroxyl groups excluding tert-OH is 1. The maximum atomic E-state index is 14.6. The van der Waals surface area contributed by atoms with E-state index < -0.39 is 83.4 Å². The number of carbonyl (C=O) groups is 3. The number of hydrogen-bond acceptors (Lipinski definition) is 12. The molecule has 58 heavy (non-hydrogen) atoms. The number of fused-ring (bicyclic) bond motifs is 1. The third-order valence-electron chi connectivity index (χ3n) is 13.9. The molecule has 14 nitrogen and oxygen atoms in total. The van der Waals surface area contributed by atoms with Crippen molar-refractivity contribution in [2.24, 2.45) is 29.6 Å². The molecule has 1 amide bonds. The number of nitrogens with zero attached hydrogens (tertiary/aromatic N) is 4. The summed E-state index contributed by atoms with van der Waals surface area (Å²) < 4.78 is 39.6. The number of rotatable bonds is 11. The van der Waals surface area contributed by atoms with Crippen LogP contribution in [0.5, 0.6) is 0 Å². The van der Waals surface area contributed by atoms with Gasteiger partial charge in [0.15, 0.2) is 11.9 Å². The molecule has 3 aliphatic heterocycles. The Morgan fingerprint density at radius 1 is 0.948 bits per heavy atom. The summed E-state index contributed by atoms with van der Waals surface area (Å²) in [7, 11) is 3.20. The first-order valence-electron chi connectivity index (χ1n) is 21.1. The fourth-order valence-corrected chi connectivity index (χ4v) is 9.77. The molecular weight excluding hydrogens is 745 g/mol. The van der Waals surface area contributed by atoms with Gasteiger partial charge in [-0.25, -0.2) is 9.78 Å². The number of cyclic esters (lactones) is 1. The van der Waals surface area contributed by atoms with Gasteiger partial charge in [-0.05, 0) is 84.3 Å². The van der Waals surface area contributed by atoms with Gasteiger partial charge < -0.3 is 43.0 Å². The Kier molecular flexibility index (Phi) is 14.5. The smallest absolute Gasteiger partial charge is 0.410 e. The van der Waals surface area contributed by atoms with E-state index in [0.29, 0.717) is 32.4 Å². The highest BCUT2D eigenvalue weighted by molar-refractivity contribution is 5.85. The maximum absolute atomic E-state index is 14.6. The van der Waals surface area contributed by atoms with Crippen molar-refractivity contribution in [2.75, 3.05) is 20.8 Å². The molecule has 0 aliphatic carbocycles. The molecule has 3 aliphatic rings. The van der Waals surface area contributed by atoms with Crippen molar-refractivity contribution in [3.8, 4) is 11.3 Å². The fraction of sp³-hybridized carbons (Fsp3) is 0.750. The number of ketones is 1.